The van der Waals surface area contributed by atoms with E-state index in [1.54, 1.807) is 12.1 Å². The van der Waals surface area contributed by atoms with E-state index in [4.69, 9.17) is 4.99 Å². The van der Waals surface area contributed by atoms with Crippen molar-refractivity contribution in [3.05, 3.63) is 119 Å². The van der Waals surface area contributed by atoms with Crippen LogP contribution in [-0.4, -0.2) is 28.0 Å². The van der Waals surface area contributed by atoms with Crippen molar-refractivity contribution in [2.24, 2.45) is 4.99 Å². The van der Waals surface area contributed by atoms with E-state index in [9.17, 15) is 9.90 Å². The Hall–Kier alpha value is -4.12. The van der Waals surface area contributed by atoms with E-state index in [0.717, 1.165) is 46.8 Å². The number of aliphatic imine (C=N–C) groups is 1. The van der Waals surface area contributed by atoms with Gasteiger partial charge >= 0.3 is 0 Å². The van der Waals surface area contributed by atoms with Crippen LogP contribution in [0.25, 0.3) is 5.70 Å². The van der Waals surface area contributed by atoms with Crippen molar-refractivity contribution in [2.45, 2.75) is 25.8 Å². The zero-order chi connectivity index (χ0) is 22.8. The molecule has 2 aliphatic rings. The lowest BCUT2D eigenvalue weighted by Crippen LogP contribution is -2.34. The fourth-order valence-electron chi connectivity index (χ4n) is 4.27. The van der Waals surface area contributed by atoms with Crippen molar-refractivity contribution in [3.8, 4) is 5.75 Å². The summed E-state index contributed by atoms with van der Waals surface area (Å²) in [6, 6.07) is 25.4. The molecular weight excluding hydrogens is 410 g/mol. The monoisotopic (exact) mass is 435 g/mol. The Labute approximate surface area is 193 Å². The third-order valence-corrected chi connectivity index (χ3v) is 6.10. The first-order chi connectivity index (χ1) is 16.1. The summed E-state index contributed by atoms with van der Waals surface area (Å²) in [7, 11) is 0. The molecule has 2 heterocycles. The molecule has 3 aromatic carbocycles. The average Bonchev–Trinajstić information content (AvgIpc) is 3.16. The molecule has 0 saturated heterocycles. The maximum Gasteiger partial charge on any atom is 0.153 e. The number of phenolic OH excluding ortho intramolecular Hbond substituents is 1. The van der Waals surface area contributed by atoms with Gasteiger partial charge in [0.1, 0.15) is 12.0 Å². The van der Waals surface area contributed by atoms with Gasteiger partial charge in [-0.2, -0.15) is 0 Å². The Bertz CT molecular complexity index is 1270. The number of nitrogens with zero attached hydrogens (tertiary/aromatic N) is 2. The lowest BCUT2D eigenvalue weighted by molar-refractivity contribution is 0.112. The minimum Gasteiger partial charge on any atom is -0.508 e. The highest BCUT2D eigenvalue weighted by atomic mass is 16.3. The van der Waals surface area contributed by atoms with Crippen molar-refractivity contribution < 1.29 is 9.90 Å². The van der Waals surface area contributed by atoms with E-state index in [0.29, 0.717) is 12.0 Å². The molecule has 0 spiro atoms. The Morgan fingerprint density at radius 1 is 0.970 bits per heavy atom. The van der Waals surface area contributed by atoms with Crippen LogP contribution in [0.4, 0.5) is 0 Å². The smallest absolute Gasteiger partial charge is 0.153 e. The maximum atomic E-state index is 11.0. The molecule has 0 fully saturated rings. The van der Waals surface area contributed by atoms with Crippen molar-refractivity contribution in [3.63, 3.8) is 0 Å². The fraction of sp³-hybridized carbons (Fsp3) is 0.143. The molecule has 33 heavy (non-hydrogen) atoms. The maximum absolute atomic E-state index is 11.0. The van der Waals surface area contributed by atoms with Crippen LogP contribution >= 0.6 is 0 Å². The number of carbonyl (C=O) groups excluding carboxylic acids is 1. The van der Waals surface area contributed by atoms with Gasteiger partial charge in [0.25, 0.3) is 0 Å². The molecule has 5 rings (SSSR count). The first kappa shape index (κ1) is 20.8. The second kappa shape index (κ2) is 8.79. The van der Waals surface area contributed by atoms with Crippen LogP contribution in [-0.2, 0) is 12.8 Å². The number of rotatable bonds is 6. The molecule has 5 nitrogen and oxygen atoms in total. The standard InChI is InChI=1S/C28H25N3O2/c1-19-25(14-21-10-12-22(18-32)13-11-21)30-28-26(15-20-6-3-2-4-7-20)29-27(17-31(19)28)23-8-5-9-24(33)16-23/h2-13,16-19,29,33H,14-15H2,1H3. The van der Waals surface area contributed by atoms with Gasteiger partial charge in [-0.3, -0.25) is 4.79 Å². The van der Waals surface area contributed by atoms with Crippen LogP contribution < -0.4 is 5.32 Å². The number of hydrogen-bond donors (Lipinski definition) is 2. The molecule has 0 amide bonds. The van der Waals surface area contributed by atoms with Crippen LogP contribution in [0.1, 0.15) is 34.0 Å². The van der Waals surface area contributed by atoms with Crippen molar-refractivity contribution in [1.82, 2.24) is 10.2 Å². The quantitative estimate of drug-likeness (QED) is 0.540. The summed E-state index contributed by atoms with van der Waals surface area (Å²) in [6.07, 6.45) is 4.38. The molecule has 1 atom stereocenters. The van der Waals surface area contributed by atoms with Gasteiger partial charge < -0.3 is 15.3 Å². The Kier molecular flexibility index (Phi) is 5.53. The highest BCUT2D eigenvalue weighted by molar-refractivity contribution is 5.95. The molecule has 5 heteroatoms. The van der Waals surface area contributed by atoms with E-state index in [2.05, 4.69) is 35.5 Å². The molecule has 0 aromatic heterocycles. The Morgan fingerprint density at radius 3 is 2.45 bits per heavy atom. The van der Waals surface area contributed by atoms with Gasteiger partial charge in [0.15, 0.2) is 5.82 Å². The molecule has 0 saturated carbocycles. The topological polar surface area (TPSA) is 64.9 Å². The molecule has 3 aromatic rings. The Balaban J connectivity index is 1.50. The van der Waals surface area contributed by atoms with Gasteiger partial charge in [-0.1, -0.05) is 66.7 Å². The van der Waals surface area contributed by atoms with Crippen molar-refractivity contribution in [2.75, 3.05) is 0 Å². The van der Waals surface area contributed by atoms with Crippen LogP contribution in [0.5, 0.6) is 5.75 Å². The summed E-state index contributed by atoms with van der Waals surface area (Å²) in [6.45, 7) is 2.16. The van der Waals surface area contributed by atoms with Crippen LogP contribution in [0.2, 0.25) is 0 Å². The van der Waals surface area contributed by atoms with Crippen LogP contribution in [0.3, 0.4) is 0 Å². The van der Waals surface area contributed by atoms with Gasteiger partial charge in [-0.15, -0.1) is 0 Å². The first-order valence-electron chi connectivity index (χ1n) is 11.1. The molecule has 2 aliphatic heterocycles. The molecule has 0 radical (unpaired) electrons. The summed E-state index contributed by atoms with van der Waals surface area (Å²) in [5, 5.41) is 13.6. The van der Waals surface area contributed by atoms with Gasteiger partial charge in [-0.25, -0.2) is 4.99 Å². The third-order valence-electron chi connectivity index (χ3n) is 6.10. The lowest BCUT2D eigenvalue weighted by atomic mass is 10.0. The number of allylic oxidation sites excluding steroid dienone is 1. The summed E-state index contributed by atoms with van der Waals surface area (Å²) in [5.41, 5.74) is 6.95. The minimum atomic E-state index is 0.0888. The van der Waals surface area contributed by atoms with E-state index in [-0.39, 0.29) is 11.8 Å². The van der Waals surface area contributed by atoms with Crippen LogP contribution in [0.15, 0.2) is 102 Å². The molecule has 0 bridgehead atoms. The largest absolute Gasteiger partial charge is 0.508 e. The van der Waals surface area contributed by atoms with Gasteiger partial charge in [0, 0.05) is 35.9 Å². The van der Waals surface area contributed by atoms with Gasteiger partial charge in [0.2, 0.25) is 0 Å². The fourth-order valence-corrected chi connectivity index (χ4v) is 4.27. The number of phenols is 1. The molecule has 1 unspecified atom stereocenters. The van der Waals surface area contributed by atoms with Crippen molar-refractivity contribution >= 4 is 17.7 Å². The highest BCUT2D eigenvalue weighted by Crippen LogP contribution is 2.33. The van der Waals surface area contributed by atoms with E-state index in [1.165, 1.54) is 5.56 Å². The summed E-state index contributed by atoms with van der Waals surface area (Å²) >= 11 is 0. The van der Waals surface area contributed by atoms with E-state index in [1.807, 2.05) is 54.6 Å². The SMILES string of the molecule is CC1C(Cc2ccc(C=O)cc2)=NC2=C(Cc3ccccc3)NC(c3cccc(O)c3)=CN21. The highest BCUT2D eigenvalue weighted by Gasteiger charge is 2.33. The van der Waals surface area contributed by atoms with Crippen LogP contribution in [0, 0.1) is 0 Å². The number of fused-ring (bicyclic) bond motifs is 1. The molecule has 2 N–H and O–H groups in total. The number of carbonyl (C=O) groups is 1. The predicted octanol–water partition coefficient (Wildman–Crippen LogP) is 4.91. The summed E-state index contributed by atoms with van der Waals surface area (Å²) in [4.78, 5) is 18.2. The second-order valence-corrected chi connectivity index (χ2v) is 8.41. The average molecular weight is 436 g/mol. The Morgan fingerprint density at radius 2 is 1.73 bits per heavy atom. The number of hydrogen-bond acceptors (Lipinski definition) is 5. The minimum absolute atomic E-state index is 0.0888. The van der Waals surface area contributed by atoms with Crippen molar-refractivity contribution in [1.29, 1.82) is 0 Å². The van der Waals surface area contributed by atoms with Gasteiger partial charge in [0.05, 0.1) is 17.4 Å². The molecular formula is C28H25N3O2. The van der Waals surface area contributed by atoms with E-state index < -0.39 is 0 Å². The summed E-state index contributed by atoms with van der Waals surface area (Å²) in [5.74, 6) is 1.16. The van der Waals surface area contributed by atoms with E-state index >= 15 is 0 Å². The number of aromatic hydroxyl groups is 1. The second-order valence-electron chi connectivity index (χ2n) is 8.41. The normalized spacial score (nSPS) is 17.2. The molecule has 0 aliphatic carbocycles. The zero-order valence-electron chi connectivity index (χ0n) is 18.4. The number of benzene rings is 3. The first-order valence-corrected chi connectivity index (χ1v) is 11.1. The number of nitrogens with one attached hydrogen (secondary N) is 1. The lowest BCUT2D eigenvalue weighted by Gasteiger charge is -2.30. The zero-order valence-corrected chi connectivity index (χ0v) is 18.4. The summed E-state index contributed by atoms with van der Waals surface area (Å²) < 4.78 is 0. The predicted molar refractivity (Wildman–Crippen MR) is 131 cm³/mol. The molecule has 164 valence electrons. The third kappa shape index (κ3) is 4.30. The van der Waals surface area contributed by atoms with Gasteiger partial charge in [-0.05, 0) is 30.2 Å². The number of aldehydes is 1.